The van der Waals surface area contributed by atoms with Crippen molar-refractivity contribution in [1.29, 1.82) is 0 Å². The normalized spacial score (nSPS) is 17.5. The van der Waals surface area contributed by atoms with E-state index in [0.717, 1.165) is 0 Å². The first-order valence-corrected chi connectivity index (χ1v) is 10.8. The number of carbonyl (C=O) groups is 2. The molecule has 1 aromatic heterocycles. The Labute approximate surface area is 199 Å². The molecule has 7 nitrogen and oxygen atoms in total. The first-order valence-electron chi connectivity index (χ1n) is 10.0. The molecule has 9 heteroatoms. The number of aromatic hydroxyl groups is 1. The van der Waals surface area contributed by atoms with Crippen LogP contribution in [0.15, 0.2) is 64.8 Å². The second-order valence-electron chi connectivity index (χ2n) is 7.29. The van der Waals surface area contributed by atoms with E-state index in [4.69, 9.17) is 32.4 Å². The largest absolute Gasteiger partial charge is 0.507 e. The highest BCUT2D eigenvalue weighted by molar-refractivity contribution is 6.47. The highest BCUT2D eigenvalue weighted by Gasteiger charge is 2.46. The van der Waals surface area contributed by atoms with E-state index in [1.165, 1.54) is 41.5 Å². The molecule has 0 bridgehead atoms. The number of halogens is 2. The number of amides is 1. The number of hydrogen-bond acceptors (Lipinski definition) is 6. The summed E-state index contributed by atoms with van der Waals surface area (Å²) in [6, 6.07) is 11.3. The first kappa shape index (κ1) is 22.8. The van der Waals surface area contributed by atoms with Crippen molar-refractivity contribution in [2.45, 2.75) is 19.5 Å². The monoisotopic (exact) mass is 487 g/mol. The molecular formula is C24H19Cl2NO6. The third-order valence-electron chi connectivity index (χ3n) is 5.24. The van der Waals surface area contributed by atoms with Gasteiger partial charge in [0.25, 0.3) is 11.7 Å². The predicted molar refractivity (Wildman–Crippen MR) is 122 cm³/mol. The molecule has 170 valence electrons. The minimum atomic E-state index is -1.000. The smallest absolute Gasteiger partial charge is 0.296 e. The fourth-order valence-corrected chi connectivity index (χ4v) is 4.14. The van der Waals surface area contributed by atoms with Crippen molar-refractivity contribution in [2.75, 3.05) is 6.61 Å². The van der Waals surface area contributed by atoms with Gasteiger partial charge in [-0.05, 0) is 55.0 Å². The van der Waals surface area contributed by atoms with E-state index < -0.39 is 23.5 Å². The number of Topliss-reactive ketones (excluding diaryl/α,β-unsaturated/α-hetero) is 1. The van der Waals surface area contributed by atoms with E-state index in [-0.39, 0.29) is 33.5 Å². The van der Waals surface area contributed by atoms with Crippen LogP contribution in [0, 0.1) is 0 Å². The van der Waals surface area contributed by atoms with Gasteiger partial charge < -0.3 is 24.3 Å². The Morgan fingerprint density at radius 3 is 2.58 bits per heavy atom. The van der Waals surface area contributed by atoms with Crippen molar-refractivity contribution in [1.82, 2.24) is 4.90 Å². The topological polar surface area (TPSA) is 100 Å². The molecule has 1 atom stereocenters. The van der Waals surface area contributed by atoms with Gasteiger partial charge in [-0.25, -0.2) is 0 Å². The summed E-state index contributed by atoms with van der Waals surface area (Å²) in [7, 11) is 0. The van der Waals surface area contributed by atoms with E-state index in [1.807, 2.05) is 6.92 Å². The van der Waals surface area contributed by atoms with Crippen LogP contribution in [0.3, 0.4) is 0 Å². The van der Waals surface area contributed by atoms with Crippen LogP contribution < -0.4 is 4.74 Å². The van der Waals surface area contributed by atoms with Gasteiger partial charge in [0.1, 0.15) is 23.0 Å². The summed E-state index contributed by atoms with van der Waals surface area (Å²) in [5.74, 6) is -1.42. The fraction of sp³-hybridized carbons (Fsp3) is 0.167. The molecule has 1 unspecified atom stereocenters. The Morgan fingerprint density at radius 1 is 1.12 bits per heavy atom. The van der Waals surface area contributed by atoms with Crippen LogP contribution in [-0.2, 0) is 16.1 Å². The highest BCUT2D eigenvalue weighted by Crippen LogP contribution is 2.43. The molecule has 0 saturated carbocycles. The number of rotatable bonds is 6. The van der Waals surface area contributed by atoms with Crippen molar-refractivity contribution < 1.29 is 29.0 Å². The standard InChI is InChI=1S/C24H19Cl2NO6/c1-2-32-14-6-7-17(25)16(11-14)22(29)20-21(13-5-8-19(28)18(26)10-13)27(24(31)23(20)30)12-15-4-3-9-33-15/h3-11,21,28-29H,2,12H2,1H3/b22-20+. The van der Waals surface area contributed by atoms with Crippen LogP contribution >= 0.6 is 23.2 Å². The zero-order valence-electron chi connectivity index (χ0n) is 17.4. The molecule has 1 amide bonds. The third-order valence-corrected chi connectivity index (χ3v) is 5.87. The molecule has 33 heavy (non-hydrogen) atoms. The second kappa shape index (κ2) is 9.21. The summed E-state index contributed by atoms with van der Waals surface area (Å²) < 4.78 is 10.8. The van der Waals surface area contributed by atoms with E-state index in [2.05, 4.69) is 0 Å². The van der Waals surface area contributed by atoms with E-state index >= 15 is 0 Å². The van der Waals surface area contributed by atoms with Gasteiger partial charge in [-0.3, -0.25) is 9.59 Å². The lowest BCUT2D eigenvalue weighted by molar-refractivity contribution is -0.140. The predicted octanol–water partition coefficient (Wildman–Crippen LogP) is 5.31. The lowest BCUT2D eigenvalue weighted by Crippen LogP contribution is -2.29. The summed E-state index contributed by atoms with van der Waals surface area (Å²) >= 11 is 12.4. The minimum Gasteiger partial charge on any atom is -0.507 e. The number of ether oxygens (including phenoxy) is 1. The molecule has 2 aromatic carbocycles. The number of aliphatic hydroxyl groups excluding tert-OH is 1. The summed E-state index contributed by atoms with van der Waals surface area (Å²) in [6.07, 6.45) is 1.46. The Hall–Kier alpha value is -3.42. The van der Waals surface area contributed by atoms with Crippen LogP contribution in [0.25, 0.3) is 5.76 Å². The summed E-state index contributed by atoms with van der Waals surface area (Å²) in [4.78, 5) is 27.4. The van der Waals surface area contributed by atoms with Gasteiger partial charge in [-0.1, -0.05) is 29.3 Å². The van der Waals surface area contributed by atoms with Gasteiger partial charge in [0.05, 0.1) is 41.1 Å². The molecule has 1 aliphatic heterocycles. The molecule has 4 rings (SSSR count). The van der Waals surface area contributed by atoms with Crippen molar-refractivity contribution in [3.63, 3.8) is 0 Å². The van der Waals surface area contributed by atoms with Crippen LogP contribution in [0.2, 0.25) is 10.0 Å². The molecule has 2 N–H and O–H groups in total. The van der Waals surface area contributed by atoms with Gasteiger partial charge in [0.15, 0.2) is 0 Å². The van der Waals surface area contributed by atoms with Crippen molar-refractivity contribution >= 4 is 40.7 Å². The molecule has 0 radical (unpaired) electrons. The maximum atomic E-state index is 13.1. The van der Waals surface area contributed by atoms with Crippen molar-refractivity contribution in [3.05, 3.63) is 87.3 Å². The quantitative estimate of drug-likeness (QED) is 0.277. The van der Waals surface area contributed by atoms with Crippen molar-refractivity contribution in [3.8, 4) is 11.5 Å². The van der Waals surface area contributed by atoms with Crippen molar-refractivity contribution in [2.24, 2.45) is 0 Å². The molecule has 1 fully saturated rings. The molecular weight excluding hydrogens is 469 g/mol. The first-order chi connectivity index (χ1) is 15.8. The summed E-state index contributed by atoms with van der Waals surface area (Å²) in [5.41, 5.74) is 0.402. The van der Waals surface area contributed by atoms with Gasteiger partial charge in [-0.2, -0.15) is 0 Å². The SMILES string of the molecule is CCOc1ccc(Cl)c(/C(O)=C2\C(=O)C(=O)N(Cc3ccco3)C2c2ccc(O)c(Cl)c2)c1. The number of phenols is 1. The van der Waals surface area contributed by atoms with E-state index in [9.17, 15) is 19.8 Å². The zero-order valence-corrected chi connectivity index (χ0v) is 18.9. The van der Waals surface area contributed by atoms with Gasteiger partial charge in [0.2, 0.25) is 0 Å². The number of carbonyl (C=O) groups excluding carboxylic acids is 2. The van der Waals surface area contributed by atoms with Gasteiger partial charge in [0, 0.05) is 5.56 Å². The Kier molecular flexibility index (Phi) is 6.35. The molecule has 0 aliphatic carbocycles. The Morgan fingerprint density at radius 2 is 1.91 bits per heavy atom. The van der Waals surface area contributed by atoms with E-state index in [1.54, 1.807) is 18.2 Å². The Bertz CT molecular complexity index is 1250. The second-order valence-corrected chi connectivity index (χ2v) is 8.11. The number of furan rings is 1. The van der Waals surface area contributed by atoms with Gasteiger partial charge >= 0.3 is 0 Å². The van der Waals surface area contributed by atoms with Crippen LogP contribution in [-0.4, -0.2) is 33.4 Å². The number of phenolic OH excluding ortho intramolecular Hbond substituents is 1. The van der Waals surface area contributed by atoms with Crippen LogP contribution in [0.5, 0.6) is 11.5 Å². The average molecular weight is 488 g/mol. The minimum absolute atomic E-state index is 0.0236. The lowest BCUT2D eigenvalue weighted by atomic mass is 9.95. The molecule has 1 aliphatic rings. The lowest BCUT2D eigenvalue weighted by Gasteiger charge is -2.25. The number of nitrogens with zero attached hydrogens (tertiary/aromatic N) is 1. The number of aliphatic hydroxyl groups is 1. The zero-order chi connectivity index (χ0) is 23.7. The molecule has 0 spiro atoms. The van der Waals surface area contributed by atoms with Crippen LogP contribution in [0.1, 0.15) is 29.9 Å². The highest BCUT2D eigenvalue weighted by atomic mass is 35.5. The van der Waals surface area contributed by atoms with Crippen LogP contribution in [0.4, 0.5) is 0 Å². The van der Waals surface area contributed by atoms with E-state index in [0.29, 0.717) is 23.7 Å². The Balaban J connectivity index is 1.90. The molecule has 3 aromatic rings. The average Bonchev–Trinajstić information content (AvgIpc) is 3.39. The molecule has 1 saturated heterocycles. The number of benzene rings is 2. The fourth-order valence-electron chi connectivity index (χ4n) is 3.74. The van der Waals surface area contributed by atoms with Gasteiger partial charge in [-0.15, -0.1) is 0 Å². The maximum absolute atomic E-state index is 13.1. The number of likely N-dealkylation sites (tertiary alicyclic amines) is 1. The molecule has 2 heterocycles. The summed E-state index contributed by atoms with van der Waals surface area (Å²) in [6.45, 7) is 2.18. The maximum Gasteiger partial charge on any atom is 0.296 e. The number of ketones is 1. The third kappa shape index (κ3) is 4.29. The number of hydrogen-bond donors (Lipinski definition) is 2. The summed E-state index contributed by atoms with van der Waals surface area (Å²) in [5, 5.41) is 21.3.